The molecule has 2 aromatic carbocycles. The third-order valence-electron chi connectivity index (χ3n) is 5.34. The standard InChI is InChI=1S/C23H22N4O3S2/c28-20(24-12-21-25-18-9-3-4-10-19(18)32-21)14-31-23-26-17-8-2-1-7-16(17)22(29)27(23)13-15-6-5-11-30-15/h1-4,7-10,15H,5-6,11-14H2,(H,24,28)/t15-/m1/s1. The summed E-state index contributed by atoms with van der Waals surface area (Å²) in [5.41, 5.74) is 1.48. The third-order valence-corrected chi connectivity index (χ3v) is 7.36. The molecule has 1 amide bonds. The van der Waals surface area contributed by atoms with Gasteiger partial charge >= 0.3 is 0 Å². The maximum Gasteiger partial charge on any atom is 0.262 e. The van der Waals surface area contributed by atoms with Gasteiger partial charge in [0.05, 0.1) is 46.1 Å². The van der Waals surface area contributed by atoms with Gasteiger partial charge in [-0.3, -0.25) is 14.2 Å². The summed E-state index contributed by atoms with van der Waals surface area (Å²) in [6, 6.07) is 15.2. The topological polar surface area (TPSA) is 86.1 Å². The molecule has 0 bridgehead atoms. The van der Waals surface area contributed by atoms with E-state index in [-0.39, 0.29) is 23.3 Å². The molecule has 1 aliphatic heterocycles. The van der Waals surface area contributed by atoms with Gasteiger partial charge in [0.15, 0.2) is 5.16 Å². The minimum Gasteiger partial charge on any atom is -0.376 e. The summed E-state index contributed by atoms with van der Waals surface area (Å²) in [5.74, 6) is 0.0432. The van der Waals surface area contributed by atoms with Crippen molar-refractivity contribution >= 4 is 50.1 Å². The lowest BCUT2D eigenvalue weighted by atomic mass is 10.2. The summed E-state index contributed by atoms with van der Waals surface area (Å²) in [5, 5.41) is 4.91. The van der Waals surface area contributed by atoms with Crippen LogP contribution in [0.3, 0.4) is 0 Å². The number of fused-ring (bicyclic) bond motifs is 2. The first-order chi connectivity index (χ1) is 15.7. The number of nitrogens with one attached hydrogen (secondary N) is 1. The number of thiazole rings is 1. The van der Waals surface area contributed by atoms with Gasteiger partial charge in [0.2, 0.25) is 5.91 Å². The number of benzene rings is 2. The Morgan fingerprint density at radius 2 is 1.97 bits per heavy atom. The van der Waals surface area contributed by atoms with Crippen LogP contribution in [0.25, 0.3) is 21.1 Å². The first-order valence-corrected chi connectivity index (χ1v) is 12.3. The molecule has 0 radical (unpaired) electrons. The van der Waals surface area contributed by atoms with E-state index in [0.717, 1.165) is 34.7 Å². The van der Waals surface area contributed by atoms with Crippen LogP contribution in [0, 0.1) is 0 Å². The van der Waals surface area contributed by atoms with Crippen LogP contribution in [0.2, 0.25) is 0 Å². The highest BCUT2D eigenvalue weighted by Crippen LogP contribution is 2.22. The Morgan fingerprint density at radius 1 is 1.16 bits per heavy atom. The van der Waals surface area contributed by atoms with Crippen LogP contribution in [-0.4, -0.2) is 38.9 Å². The van der Waals surface area contributed by atoms with Gasteiger partial charge in [-0.25, -0.2) is 9.97 Å². The number of ether oxygens (including phenoxy) is 1. The molecule has 0 unspecified atom stereocenters. The molecule has 4 aromatic rings. The lowest BCUT2D eigenvalue weighted by Crippen LogP contribution is -2.30. The Labute approximate surface area is 192 Å². The highest BCUT2D eigenvalue weighted by atomic mass is 32.2. The molecule has 32 heavy (non-hydrogen) atoms. The molecule has 5 rings (SSSR count). The number of nitrogens with zero attached hydrogens (tertiary/aromatic N) is 3. The zero-order valence-electron chi connectivity index (χ0n) is 17.3. The number of carbonyl (C=O) groups excluding carboxylic acids is 1. The number of hydrogen-bond donors (Lipinski definition) is 1. The zero-order chi connectivity index (χ0) is 21.9. The lowest BCUT2D eigenvalue weighted by Gasteiger charge is -2.16. The number of amides is 1. The molecule has 1 aliphatic rings. The number of hydrogen-bond acceptors (Lipinski definition) is 7. The number of carbonyl (C=O) groups is 1. The molecule has 164 valence electrons. The Balaban J connectivity index is 1.30. The van der Waals surface area contributed by atoms with E-state index in [0.29, 0.717) is 29.1 Å². The van der Waals surface area contributed by atoms with Gasteiger partial charge in [-0.2, -0.15) is 0 Å². The number of para-hydroxylation sites is 2. The van der Waals surface area contributed by atoms with E-state index >= 15 is 0 Å². The first-order valence-electron chi connectivity index (χ1n) is 10.5. The van der Waals surface area contributed by atoms with Crippen molar-refractivity contribution in [2.24, 2.45) is 0 Å². The minimum absolute atomic E-state index is 0.00266. The molecule has 0 aliphatic carbocycles. The molecule has 1 fully saturated rings. The molecular weight excluding hydrogens is 444 g/mol. The van der Waals surface area contributed by atoms with Gasteiger partial charge in [-0.05, 0) is 37.1 Å². The monoisotopic (exact) mass is 466 g/mol. The van der Waals surface area contributed by atoms with Crippen LogP contribution < -0.4 is 10.9 Å². The third kappa shape index (κ3) is 4.55. The molecular formula is C23H22N4O3S2. The molecule has 1 saturated heterocycles. The smallest absolute Gasteiger partial charge is 0.262 e. The average Bonchev–Trinajstić information content (AvgIpc) is 3.48. The summed E-state index contributed by atoms with van der Waals surface area (Å²) in [4.78, 5) is 34.9. The van der Waals surface area contributed by atoms with Crippen LogP contribution in [0.1, 0.15) is 17.8 Å². The minimum atomic E-state index is -0.125. The highest BCUT2D eigenvalue weighted by molar-refractivity contribution is 7.99. The van der Waals surface area contributed by atoms with Crippen molar-refractivity contribution in [1.29, 1.82) is 0 Å². The van der Waals surface area contributed by atoms with Gasteiger partial charge in [-0.1, -0.05) is 36.0 Å². The zero-order valence-corrected chi connectivity index (χ0v) is 19.0. The predicted molar refractivity (Wildman–Crippen MR) is 127 cm³/mol. The fraction of sp³-hybridized carbons (Fsp3) is 0.304. The largest absolute Gasteiger partial charge is 0.376 e. The Bertz CT molecular complexity index is 1290. The Morgan fingerprint density at radius 3 is 2.78 bits per heavy atom. The molecule has 0 saturated carbocycles. The molecule has 1 N–H and O–H groups in total. The van der Waals surface area contributed by atoms with Crippen LogP contribution >= 0.6 is 23.1 Å². The van der Waals surface area contributed by atoms with Crippen LogP contribution in [-0.2, 0) is 22.6 Å². The van der Waals surface area contributed by atoms with E-state index < -0.39 is 0 Å². The van der Waals surface area contributed by atoms with Crippen molar-refractivity contribution in [3.8, 4) is 0 Å². The quantitative estimate of drug-likeness (QED) is 0.331. The van der Waals surface area contributed by atoms with Crippen molar-refractivity contribution < 1.29 is 9.53 Å². The van der Waals surface area contributed by atoms with Gasteiger partial charge in [-0.15, -0.1) is 11.3 Å². The van der Waals surface area contributed by atoms with Crippen molar-refractivity contribution in [1.82, 2.24) is 19.9 Å². The molecule has 7 nitrogen and oxygen atoms in total. The van der Waals surface area contributed by atoms with E-state index in [9.17, 15) is 9.59 Å². The summed E-state index contributed by atoms with van der Waals surface area (Å²) in [6.07, 6.45) is 1.92. The fourth-order valence-corrected chi connectivity index (χ4v) is 5.51. The van der Waals surface area contributed by atoms with E-state index in [2.05, 4.69) is 15.3 Å². The van der Waals surface area contributed by atoms with Crippen molar-refractivity contribution in [2.75, 3.05) is 12.4 Å². The number of thioether (sulfide) groups is 1. The van der Waals surface area contributed by atoms with Crippen molar-refractivity contribution in [3.05, 3.63) is 63.9 Å². The SMILES string of the molecule is O=C(CSc1nc2ccccc2c(=O)n1C[C@H]1CCCO1)NCc1nc2ccccc2s1. The number of rotatable bonds is 7. The second kappa shape index (κ2) is 9.40. The second-order valence-corrected chi connectivity index (χ2v) is 9.66. The van der Waals surface area contributed by atoms with Gasteiger partial charge < -0.3 is 10.1 Å². The fourth-order valence-electron chi connectivity index (χ4n) is 3.76. The van der Waals surface area contributed by atoms with E-state index in [1.807, 2.05) is 42.5 Å². The molecule has 0 spiro atoms. The molecule has 9 heteroatoms. The average molecular weight is 467 g/mol. The predicted octanol–water partition coefficient (Wildman–Crippen LogP) is 3.59. The molecule has 1 atom stereocenters. The molecule has 3 heterocycles. The van der Waals surface area contributed by atoms with Gasteiger partial charge in [0.1, 0.15) is 5.01 Å². The van der Waals surface area contributed by atoms with Crippen molar-refractivity contribution in [2.45, 2.75) is 37.2 Å². The summed E-state index contributed by atoms with van der Waals surface area (Å²) >= 11 is 2.85. The molecule has 2 aromatic heterocycles. The first kappa shape index (κ1) is 21.1. The lowest BCUT2D eigenvalue weighted by molar-refractivity contribution is -0.118. The van der Waals surface area contributed by atoms with Crippen molar-refractivity contribution in [3.63, 3.8) is 0 Å². The van der Waals surface area contributed by atoms with E-state index in [1.54, 1.807) is 22.0 Å². The van der Waals surface area contributed by atoms with E-state index in [4.69, 9.17) is 4.74 Å². The van der Waals surface area contributed by atoms with E-state index in [1.165, 1.54) is 11.8 Å². The normalized spacial score (nSPS) is 16.1. The summed E-state index contributed by atoms with van der Waals surface area (Å²) in [7, 11) is 0. The van der Waals surface area contributed by atoms with Gasteiger partial charge in [0, 0.05) is 6.61 Å². The number of aromatic nitrogens is 3. The van der Waals surface area contributed by atoms with Gasteiger partial charge in [0.25, 0.3) is 5.56 Å². The second-order valence-electron chi connectivity index (χ2n) is 7.60. The Kier molecular flexibility index (Phi) is 6.20. The maximum atomic E-state index is 13.1. The van der Waals surface area contributed by atoms with Crippen LogP contribution in [0.5, 0.6) is 0 Å². The maximum absolute atomic E-state index is 13.1. The highest BCUT2D eigenvalue weighted by Gasteiger charge is 2.20. The summed E-state index contributed by atoms with van der Waals surface area (Å²) in [6.45, 7) is 1.55. The Hall–Kier alpha value is -2.75. The van der Waals surface area contributed by atoms with Crippen LogP contribution in [0.15, 0.2) is 58.5 Å². The summed E-state index contributed by atoms with van der Waals surface area (Å²) < 4.78 is 8.49. The van der Waals surface area contributed by atoms with Crippen LogP contribution in [0.4, 0.5) is 0 Å².